The molecule has 3 rings (SSSR count). The monoisotopic (exact) mass is 480 g/mol. The Labute approximate surface area is 205 Å². The second-order valence-electron chi connectivity index (χ2n) is 8.42. The number of amides is 3. The van der Waals surface area contributed by atoms with Gasteiger partial charge in [0, 0.05) is 32.0 Å². The summed E-state index contributed by atoms with van der Waals surface area (Å²) in [7, 11) is 0. The van der Waals surface area contributed by atoms with Crippen LogP contribution in [0.3, 0.4) is 0 Å². The van der Waals surface area contributed by atoms with Crippen LogP contribution in [-0.2, 0) is 20.9 Å². The fraction of sp³-hybridized carbons (Fsp3) is 0.360. The van der Waals surface area contributed by atoms with E-state index in [1.807, 2.05) is 30.3 Å². The summed E-state index contributed by atoms with van der Waals surface area (Å²) in [6.07, 6.45) is 10.8. The largest absolute Gasteiger partial charge is 0.445 e. The molecule has 1 fully saturated rings. The van der Waals surface area contributed by atoms with Gasteiger partial charge in [-0.25, -0.2) is 4.79 Å². The molecule has 2 aliphatic heterocycles. The van der Waals surface area contributed by atoms with Gasteiger partial charge in [-0.1, -0.05) is 42.5 Å². The molecule has 35 heavy (non-hydrogen) atoms. The Morgan fingerprint density at radius 3 is 2.51 bits per heavy atom. The zero-order chi connectivity index (χ0) is 25.0. The minimum atomic E-state index is -1.12. The summed E-state index contributed by atoms with van der Waals surface area (Å²) in [6, 6.07) is 8.05. The molecule has 0 saturated carbocycles. The number of alkyl carbamates (subject to hydrolysis) is 1. The first-order valence-corrected chi connectivity index (χ1v) is 11.6. The zero-order valence-corrected chi connectivity index (χ0v) is 19.6. The number of piperidine rings is 1. The molecule has 3 amide bonds. The Balaban J connectivity index is 1.58. The number of ether oxygens (including phenoxy) is 1. The number of nitrogens with zero attached hydrogens (tertiary/aromatic N) is 2. The van der Waals surface area contributed by atoms with Gasteiger partial charge in [-0.2, -0.15) is 0 Å². The van der Waals surface area contributed by atoms with Crippen LogP contribution in [0, 0.1) is 11.3 Å². The van der Waals surface area contributed by atoms with Gasteiger partial charge < -0.3 is 26.0 Å². The van der Waals surface area contributed by atoms with E-state index in [-0.39, 0.29) is 30.8 Å². The third kappa shape index (κ3) is 8.33. The van der Waals surface area contributed by atoms with Crippen molar-refractivity contribution in [3.63, 3.8) is 0 Å². The SMILES string of the molecule is N=C(N)N1CCC[C@@H](CNC(=O)C[C@H](NC(=O)OCc2ccccc2)C(=O)N2C=CC=CC=C2)C1. The Hall–Kier alpha value is -4.08. The van der Waals surface area contributed by atoms with E-state index in [1.54, 1.807) is 41.6 Å². The molecule has 10 heteroatoms. The summed E-state index contributed by atoms with van der Waals surface area (Å²) in [5.74, 6) is -0.656. The van der Waals surface area contributed by atoms with Crippen molar-refractivity contribution in [3.05, 3.63) is 72.6 Å². The number of guanidine groups is 1. The predicted octanol–water partition coefficient (Wildman–Crippen LogP) is 1.82. The number of likely N-dealkylation sites (tertiary alicyclic amines) is 1. The molecular formula is C25H32N6O4. The molecule has 0 aromatic heterocycles. The molecule has 186 valence electrons. The highest BCUT2D eigenvalue weighted by Crippen LogP contribution is 2.15. The van der Waals surface area contributed by atoms with Gasteiger partial charge in [0.05, 0.1) is 6.42 Å². The highest BCUT2D eigenvalue weighted by molar-refractivity contribution is 5.92. The van der Waals surface area contributed by atoms with Gasteiger partial charge in [0.25, 0.3) is 5.91 Å². The molecule has 0 radical (unpaired) electrons. The number of hydrogen-bond donors (Lipinski definition) is 4. The van der Waals surface area contributed by atoms with Crippen molar-refractivity contribution in [1.82, 2.24) is 20.4 Å². The van der Waals surface area contributed by atoms with E-state index in [2.05, 4.69) is 10.6 Å². The van der Waals surface area contributed by atoms with Crippen LogP contribution in [0.1, 0.15) is 24.8 Å². The lowest BCUT2D eigenvalue weighted by molar-refractivity contribution is -0.132. The van der Waals surface area contributed by atoms with Gasteiger partial charge in [-0.3, -0.25) is 19.9 Å². The van der Waals surface area contributed by atoms with Gasteiger partial charge in [0.1, 0.15) is 12.6 Å². The van der Waals surface area contributed by atoms with Crippen molar-refractivity contribution < 1.29 is 19.1 Å². The fourth-order valence-electron chi connectivity index (χ4n) is 3.86. The van der Waals surface area contributed by atoms with Gasteiger partial charge in [-0.05, 0) is 36.5 Å². The summed E-state index contributed by atoms with van der Waals surface area (Å²) in [5.41, 5.74) is 6.39. The van der Waals surface area contributed by atoms with Gasteiger partial charge in [0.15, 0.2) is 5.96 Å². The number of allylic oxidation sites excluding steroid dienone is 4. The Morgan fingerprint density at radius 1 is 1.11 bits per heavy atom. The third-order valence-corrected chi connectivity index (χ3v) is 5.72. The van der Waals surface area contributed by atoms with E-state index in [1.165, 1.54) is 4.90 Å². The zero-order valence-electron chi connectivity index (χ0n) is 19.6. The maximum absolute atomic E-state index is 13.1. The molecule has 0 bridgehead atoms. The van der Waals surface area contributed by atoms with Crippen molar-refractivity contribution >= 4 is 23.9 Å². The minimum Gasteiger partial charge on any atom is -0.445 e. The van der Waals surface area contributed by atoms with Crippen molar-refractivity contribution in [2.24, 2.45) is 11.7 Å². The maximum atomic E-state index is 13.1. The lowest BCUT2D eigenvalue weighted by Crippen LogP contribution is -2.49. The lowest BCUT2D eigenvalue weighted by atomic mass is 9.98. The average Bonchev–Trinajstić information content (AvgIpc) is 3.16. The Bertz CT molecular complexity index is 975. The van der Waals surface area contributed by atoms with Crippen LogP contribution in [0.2, 0.25) is 0 Å². The third-order valence-electron chi connectivity index (χ3n) is 5.72. The van der Waals surface area contributed by atoms with E-state index in [0.29, 0.717) is 13.1 Å². The number of carbonyl (C=O) groups excluding carboxylic acids is 3. The molecule has 10 nitrogen and oxygen atoms in total. The topological polar surface area (TPSA) is 141 Å². The second kappa shape index (κ2) is 13.0. The van der Waals surface area contributed by atoms with E-state index < -0.39 is 18.0 Å². The lowest BCUT2D eigenvalue weighted by Gasteiger charge is -2.33. The van der Waals surface area contributed by atoms with E-state index in [4.69, 9.17) is 15.9 Å². The van der Waals surface area contributed by atoms with Crippen LogP contribution >= 0.6 is 0 Å². The average molecular weight is 481 g/mol. The molecule has 1 saturated heterocycles. The summed E-state index contributed by atoms with van der Waals surface area (Å²) >= 11 is 0. The number of nitrogens with one attached hydrogen (secondary N) is 3. The van der Waals surface area contributed by atoms with Crippen molar-refractivity contribution in [2.75, 3.05) is 19.6 Å². The first-order chi connectivity index (χ1) is 16.9. The fourth-order valence-corrected chi connectivity index (χ4v) is 3.86. The van der Waals surface area contributed by atoms with Crippen molar-refractivity contribution in [1.29, 1.82) is 5.41 Å². The maximum Gasteiger partial charge on any atom is 0.408 e. The standard InChI is InChI=1S/C25H32N6O4/c26-24(27)31-14-8-11-20(17-31)16-28-22(32)15-21(23(33)30-12-6-1-2-7-13-30)29-25(34)35-18-19-9-4-3-5-10-19/h1-7,9-10,12-13,20-21H,8,11,14-18H2,(H3,26,27)(H,28,32)(H,29,34)/t20-,21-/m0/s1. The number of carbonyl (C=O) groups is 3. The number of nitrogens with two attached hydrogens (primary N) is 1. The molecule has 0 aliphatic carbocycles. The van der Waals surface area contributed by atoms with Crippen LogP contribution in [0.15, 0.2) is 67.0 Å². The van der Waals surface area contributed by atoms with Crippen LogP contribution in [-0.4, -0.2) is 59.3 Å². The molecule has 1 aromatic carbocycles. The molecule has 1 aromatic rings. The summed E-state index contributed by atoms with van der Waals surface area (Å²) < 4.78 is 5.25. The van der Waals surface area contributed by atoms with Gasteiger partial charge in [0.2, 0.25) is 5.91 Å². The molecule has 0 unspecified atom stereocenters. The molecule has 2 heterocycles. The number of benzene rings is 1. The summed E-state index contributed by atoms with van der Waals surface area (Å²) in [5, 5.41) is 13.0. The summed E-state index contributed by atoms with van der Waals surface area (Å²) in [6.45, 7) is 1.77. The summed E-state index contributed by atoms with van der Waals surface area (Å²) in [4.78, 5) is 41.4. The normalized spacial score (nSPS) is 17.9. The smallest absolute Gasteiger partial charge is 0.408 e. The van der Waals surface area contributed by atoms with Crippen molar-refractivity contribution in [3.8, 4) is 0 Å². The van der Waals surface area contributed by atoms with Crippen LogP contribution in [0.25, 0.3) is 0 Å². The molecule has 0 spiro atoms. The van der Waals surface area contributed by atoms with E-state index in [9.17, 15) is 14.4 Å². The molecule has 2 aliphatic rings. The first kappa shape index (κ1) is 25.5. The molecular weight excluding hydrogens is 448 g/mol. The molecule has 5 N–H and O–H groups in total. The van der Waals surface area contributed by atoms with Crippen LogP contribution in [0.4, 0.5) is 4.79 Å². The first-order valence-electron chi connectivity index (χ1n) is 11.6. The molecule has 2 atom stereocenters. The quantitative estimate of drug-likeness (QED) is 0.330. The minimum absolute atomic E-state index is 0.0259. The number of hydrogen-bond acceptors (Lipinski definition) is 5. The predicted molar refractivity (Wildman–Crippen MR) is 132 cm³/mol. The van der Waals surface area contributed by atoms with E-state index in [0.717, 1.165) is 24.9 Å². The highest BCUT2D eigenvalue weighted by Gasteiger charge is 2.28. The van der Waals surface area contributed by atoms with Gasteiger partial charge in [-0.15, -0.1) is 0 Å². The Kier molecular flexibility index (Phi) is 9.47. The Morgan fingerprint density at radius 2 is 1.83 bits per heavy atom. The number of rotatable bonds is 8. The van der Waals surface area contributed by atoms with E-state index >= 15 is 0 Å². The van der Waals surface area contributed by atoms with Crippen molar-refractivity contribution in [2.45, 2.75) is 31.9 Å². The van der Waals surface area contributed by atoms with Crippen LogP contribution in [0.5, 0.6) is 0 Å². The van der Waals surface area contributed by atoms with Gasteiger partial charge >= 0.3 is 6.09 Å². The van der Waals surface area contributed by atoms with Crippen LogP contribution < -0.4 is 16.4 Å². The second-order valence-corrected chi connectivity index (χ2v) is 8.42. The highest BCUT2D eigenvalue weighted by atomic mass is 16.5.